The van der Waals surface area contributed by atoms with Gasteiger partial charge in [-0.05, 0) is 24.3 Å². The third kappa shape index (κ3) is 8.18. The maximum absolute atomic E-state index is 4.44. The molecule has 0 fully saturated rings. The first-order chi connectivity index (χ1) is 17.7. The van der Waals surface area contributed by atoms with E-state index in [0.717, 1.165) is 33.9 Å². The van der Waals surface area contributed by atoms with Gasteiger partial charge in [0.1, 0.15) is 0 Å². The van der Waals surface area contributed by atoms with Crippen LogP contribution >= 0.6 is 0 Å². The fourth-order valence-electron chi connectivity index (χ4n) is 3.87. The molecule has 6 aromatic rings. The second-order valence-corrected chi connectivity index (χ2v) is 8.17. The van der Waals surface area contributed by atoms with E-state index in [2.05, 4.69) is 47.1 Å². The van der Waals surface area contributed by atoms with E-state index in [0.29, 0.717) is 0 Å². The molecule has 40 heavy (non-hydrogen) atoms. The van der Waals surface area contributed by atoms with Crippen LogP contribution in [-0.2, 0) is 34.5 Å². The van der Waals surface area contributed by atoms with Gasteiger partial charge in [0.2, 0.25) is 0 Å². The Morgan fingerprint density at radius 2 is 0.775 bits per heavy atom. The zero-order valence-electron chi connectivity index (χ0n) is 21.8. The number of halogens is 2. The van der Waals surface area contributed by atoms with Gasteiger partial charge in [0, 0.05) is 23.8 Å². The number of aromatic nitrogens is 6. The molecule has 0 aliphatic rings. The number of para-hydroxylation sites is 2. The zero-order chi connectivity index (χ0) is 24.7. The van der Waals surface area contributed by atoms with Gasteiger partial charge in [0.25, 0.3) is 0 Å². The van der Waals surface area contributed by atoms with Crippen LogP contribution in [-0.4, -0.2) is 25.3 Å². The van der Waals surface area contributed by atoms with Gasteiger partial charge in [-0.1, -0.05) is 72.8 Å². The van der Waals surface area contributed by atoms with E-state index >= 15 is 0 Å². The standard InChI is InChI=1S/2C15H13N3.2ClH.H2O.Pd/c2*1-17-12-15(13-8-4-2-5-9-13)18(16-17)14-10-6-3-7-11-14;;;;/h2*2-11H,1H3;2*1H;1H2;/q;;;;;+2/p-2. The molecule has 0 aliphatic carbocycles. The van der Waals surface area contributed by atoms with Crippen LogP contribution in [0.4, 0.5) is 0 Å². The maximum atomic E-state index is 4.44. The largest absolute Gasteiger partial charge is 2.00 e. The summed E-state index contributed by atoms with van der Waals surface area (Å²) in [4.78, 5) is 0. The molecule has 0 unspecified atom stereocenters. The van der Waals surface area contributed by atoms with Gasteiger partial charge in [-0.25, -0.2) is 9.36 Å². The quantitative estimate of drug-likeness (QED) is 0.119. The molecule has 2 heterocycles. The molecule has 0 radical (unpaired) electrons. The number of nitrogens with zero attached hydrogens (tertiary/aromatic N) is 6. The van der Waals surface area contributed by atoms with Gasteiger partial charge in [-0.15, -0.1) is 44.8 Å². The fraction of sp³-hybridized carbons (Fsp3) is 0.0667. The van der Waals surface area contributed by atoms with Gasteiger partial charge >= 0.3 is 20.4 Å². The second kappa shape index (κ2) is 16.5. The van der Waals surface area contributed by atoms with Crippen molar-refractivity contribution < 1.29 is 60.1 Å². The molecular formula is C30H28Cl2N6OPd. The molecule has 0 spiro atoms. The molecule has 4 aromatic carbocycles. The maximum Gasteiger partial charge on any atom is 2.00 e. The summed E-state index contributed by atoms with van der Waals surface area (Å²) < 4.78 is 7.20. The number of aryl methyl sites for hydroxylation is 2. The average Bonchev–Trinajstić information content (AvgIpc) is 3.54. The zero-order valence-corrected chi connectivity index (χ0v) is 24.9. The number of benzene rings is 4. The summed E-state index contributed by atoms with van der Waals surface area (Å²) in [6.07, 6.45) is 6.46. The first-order valence-corrected chi connectivity index (χ1v) is 11.7. The smallest absolute Gasteiger partial charge is 1.00 e. The number of hydrogen-bond donors (Lipinski definition) is 0. The molecular weight excluding hydrogens is 638 g/mol. The summed E-state index contributed by atoms with van der Waals surface area (Å²) in [6.45, 7) is 0. The minimum absolute atomic E-state index is 0. The number of rotatable bonds is 4. The van der Waals surface area contributed by atoms with Crippen LogP contribution in [0.1, 0.15) is 0 Å². The van der Waals surface area contributed by atoms with Gasteiger partial charge in [-0.3, -0.25) is 0 Å². The van der Waals surface area contributed by atoms with E-state index in [9.17, 15) is 0 Å². The third-order valence-corrected chi connectivity index (χ3v) is 5.50. The molecule has 6 rings (SSSR count). The van der Waals surface area contributed by atoms with Gasteiger partial charge in [0.05, 0.1) is 24.5 Å². The van der Waals surface area contributed by atoms with Gasteiger partial charge in [-0.2, -0.15) is 0 Å². The van der Waals surface area contributed by atoms with Crippen LogP contribution in [0.25, 0.3) is 33.9 Å². The van der Waals surface area contributed by atoms with Crippen molar-refractivity contribution >= 4 is 0 Å². The first-order valence-electron chi connectivity index (χ1n) is 11.7. The molecule has 0 amide bonds. The van der Waals surface area contributed by atoms with Crippen LogP contribution in [0.3, 0.4) is 0 Å². The van der Waals surface area contributed by atoms with Crippen molar-refractivity contribution in [2.75, 3.05) is 0 Å². The van der Waals surface area contributed by atoms with Crippen molar-refractivity contribution in [3.05, 3.63) is 134 Å². The van der Waals surface area contributed by atoms with Crippen molar-refractivity contribution in [2.45, 2.75) is 0 Å². The number of hydrogen-bond acceptors (Lipinski definition) is 2. The Hall–Kier alpha value is -3.64. The SMILES string of the molecule is C[n+]1[c-]c(-c2ccccc2)n(-c2ccccc2)n1.C[n+]1[c-]c(-c2ccccc2)n(-c2ccccc2)n1.O.[Cl-].[Cl-].[Pd+2]. The van der Waals surface area contributed by atoms with Crippen LogP contribution in [0, 0.1) is 12.4 Å². The molecule has 0 atom stereocenters. The van der Waals surface area contributed by atoms with Crippen molar-refractivity contribution in [2.24, 2.45) is 14.1 Å². The minimum atomic E-state index is 0. The molecule has 0 bridgehead atoms. The Labute approximate surface area is 260 Å². The van der Waals surface area contributed by atoms with E-state index in [-0.39, 0.29) is 50.7 Å². The normalized spacial score (nSPS) is 9.45. The summed E-state index contributed by atoms with van der Waals surface area (Å²) in [7, 11) is 3.76. The van der Waals surface area contributed by atoms with Gasteiger partial charge < -0.3 is 30.3 Å². The summed E-state index contributed by atoms with van der Waals surface area (Å²) >= 11 is 0. The Morgan fingerprint density at radius 1 is 0.500 bits per heavy atom. The van der Waals surface area contributed by atoms with Crippen LogP contribution < -0.4 is 34.2 Å². The molecule has 0 saturated carbocycles. The van der Waals surface area contributed by atoms with E-state index in [1.165, 1.54) is 0 Å². The van der Waals surface area contributed by atoms with Crippen LogP contribution in [0.15, 0.2) is 121 Å². The van der Waals surface area contributed by atoms with E-state index in [1.54, 1.807) is 9.36 Å². The predicted molar refractivity (Wildman–Crippen MR) is 142 cm³/mol. The van der Waals surface area contributed by atoms with Crippen LogP contribution in [0.5, 0.6) is 0 Å². The Balaban J connectivity index is 0.000000364. The van der Waals surface area contributed by atoms with Crippen molar-refractivity contribution in [3.63, 3.8) is 0 Å². The molecule has 208 valence electrons. The minimum Gasteiger partial charge on any atom is -1.00 e. The molecule has 7 nitrogen and oxygen atoms in total. The van der Waals surface area contributed by atoms with Gasteiger partial charge in [0.15, 0.2) is 11.4 Å². The van der Waals surface area contributed by atoms with Crippen molar-refractivity contribution in [3.8, 4) is 33.9 Å². The third-order valence-electron chi connectivity index (χ3n) is 5.50. The topological polar surface area (TPSA) is 74.9 Å². The molecule has 0 aliphatic heterocycles. The summed E-state index contributed by atoms with van der Waals surface area (Å²) in [6, 6.07) is 40.5. The molecule has 10 heteroatoms. The molecule has 2 N–H and O–H groups in total. The summed E-state index contributed by atoms with van der Waals surface area (Å²) in [5.41, 5.74) is 6.21. The fourth-order valence-corrected chi connectivity index (χ4v) is 3.87. The summed E-state index contributed by atoms with van der Waals surface area (Å²) in [5.74, 6) is 0. The second-order valence-electron chi connectivity index (χ2n) is 8.17. The molecule has 0 saturated heterocycles. The Kier molecular flexibility index (Phi) is 14.2. The first kappa shape index (κ1) is 34.4. The molecule has 2 aromatic heterocycles. The van der Waals surface area contributed by atoms with E-state index in [1.807, 2.05) is 121 Å². The Morgan fingerprint density at radius 3 is 1.07 bits per heavy atom. The van der Waals surface area contributed by atoms with Crippen molar-refractivity contribution in [1.29, 1.82) is 0 Å². The Bertz CT molecular complexity index is 1310. The monoisotopic (exact) mass is 664 g/mol. The van der Waals surface area contributed by atoms with E-state index in [4.69, 9.17) is 0 Å². The van der Waals surface area contributed by atoms with E-state index < -0.39 is 0 Å². The van der Waals surface area contributed by atoms with Crippen molar-refractivity contribution in [1.82, 2.24) is 19.8 Å². The average molecular weight is 666 g/mol. The van der Waals surface area contributed by atoms with Crippen LogP contribution in [0.2, 0.25) is 0 Å². The summed E-state index contributed by atoms with van der Waals surface area (Å²) in [5, 5.41) is 8.87. The predicted octanol–water partition coefficient (Wildman–Crippen LogP) is -2.49.